The number of carbonyl (C=O) groups excluding carboxylic acids is 2. The number of benzene rings is 1. The largest absolute Gasteiger partial charge is 0.382 e. The first-order valence-corrected chi connectivity index (χ1v) is 5.82. The highest BCUT2D eigenvalue weighted by atomic mass is 16.2. The molecular weight excluding hydrogens is 258 g/mol. The maximum Gasteiger partial charge on any atom is 0.292 e. The zero-order valence-electron chi connectivity index (χ0n) is 10.8. The third-order valence-corrected chi connectivity index (χ3v) is 2.54. The molecule has 1 heterocycles. The summed E-state index contributed by atoms with van der Waals surface area (Å²) in [5.74, 6) is -1.06. The van der Waals surface area contributed by atoms with Gasteiger partial charge in [-0.1, -0.05) is 17.7 Å². The molecule has 0 unspecified atom stereocenters. The topological polar surface area (TPSA) is 110 Å². The lowest BCUT2D eigenvalue weighted by molar-refractivity contribution is 0.0844. The number of aryl methyl sites for hydroxylation is 1. The van der Waals surface area contributed by atoms with Crippen LogP contribution < -0.4 is 16.6 Å². The summed E-state index contributed by atoms with van der Waals surface area (Å²) in [6.07, 6.45) is 2.71. The standard InChI is InChI=1S/C13H13N5O2/c1-8-2-4-9(5-3-8)12(19)17-18-13(20)10-11(14)16-7-6-15-10/h2-7H,1H3,(H2,14,16)(H,17,19)(H,18,20). The maximum atomic E-state index is 11.8. The van der Waals surface area contributed by atoms with Gasteiger partial charge in [0.25, 0.3) is 11.8 Å². The van der Waals surface area contributed by atoms with Gasteiger partial charge in [0.2, 0.25) is 0 Å². The average molecular weight is 271 g/mol. The minimum absolute atomic E-state index is 0.00501. The molecule has 7 heteroatoms. The number of hydrogen-bond donors (Lipinski definition) is 3. The predicted molar refractivity (Wildman–Crippen MR) is 72.6 cm³/mol. The molecule has 0 atom stereocenters. The molecule has 0 saturated heterocycles. The molecule has 7 nitrogen and oxygen atoms in total. The van der Waals surface area contributed by atoms with Crippen molar-refractivity contribution in [2.45, 2.75) is 6.92 Å². The van der Waals surface area contributed by atoms with Crippen molar-refractivity contribution in [1.82, 2.24) is 20.8 Å². The van der Waals surface area contributed by atoms with Crippen molar-refractivity contribution in [1.29, 1.82) is 0 Å². The van der Waals surface area contributed by atoms with Crippen LogP contribution in [0.3, 0.4) is 0 Å². The lowest BCUT2D eigenvalue weighted by Gasteiger charge is -2.07. The summed E-state index contributed by atoms with van der Waals surface area (Å²) >= 11 is 0. The second kappa shape index (κ2) is 5.79. The number of hydrogen-bond acceptors (Lipinski definition) is 5. The van der Waals surface area contributed by atoms with Crippen LogP contribution in [0.15, 0.2) is 36.7 Å². The summed E-state index contributed by atoms with van der Waals surface area (Å²) in [6.45, 7) is 1.92. The van der Waals surface area contributed by atoms with Crippen molar-refractivity contribution < 1.29 is 9.59 Å². The summed E-state index contributed by atoms with van der Waals surface area (Å²) < 4.78 is 0. The van der Waals surface area contributed by atoms with Gasteiger partial charge < -0.3 is 5.73 Å². The van der Waals surface area contributed by atoms with E-state index >= 15 is 0 Å². The Morgan fingerprint density at radius 2 is 1.60 bits per heavy atom. The van der Waals surface area contributed by atoms with E-state index in [4.69, 9.17) is 5.73 Å². The molecule has 0 saturated carbocycles. The number of nitrogens with two attached hydrogens (primary N) is 1. The molecule has 4 N–H and O–H groups in total. The van der Waals surface area contributed by atoms with Gasteiger partial charge in [-0.25, -0.2) is 9.97 Å². The summed E-state index contributed by atoms with van der Waals surface area (Å²) in [5.41, 5.74) is 11.5. The minimum Gasteiger partial charge on any atom is -0.382 e. The Morgan fingerprint density at radius 3 is 2.25 bits per heavy atom. The van der Waals surface area contributed by atoms with E-state index in [1.807, 2.05) is 6.92 Å². The zero-order valence-corrected chi connectivity index (χ0v) is 10.8. The molecule has 0 radical (unpaired) electrons. The smallest absolute Gasteiger partial charge is 0.292 e. The number of anilines is 1. The summed E-state index contributed by atoms with van der Waals surface area (Å²) in [4.78, 5) is 31.1. The second-order valence-electron chi connectivity index (χ2n) is 4.06. The molecule has 2 aromatic rings. The van der Waals surface area contributed by atoms with Crippen LogP contribution in [0.1, 0.15) is 26.4 Å². The van der Waals surface area contributed by atoms with Crippen LogP contribution in [0.5, 0.6) is 0 Å². The molecule has 0 fully saturated rings. The molecule has 1 aromatic carbocycles. The van der Waals surface area contributed by atoms with Crippen LogP contribution in [0.2, 0.25) is 0 Å². The molecule has 0 bridgehead atoms. The Hall–Kier alpha value is -2.96. The fraction of sp³-hybridized carbons (Fsp3) is 0.0769. The van der Waals surface area contributed by atoms with Crippen molar-refractivity contribution in [3.63, 3.8) is 0 Å². The average Bonchev–Trinajstić information content (AvgIpc) is 2.45. The van der Waals surface area contributed by atoms with E-state index in [0.717, 1.165) is 5.56 Å². The monoisotopic (exact) mass is 271 g/mol. The number of carbonyl (C=O) groups is 2. The van der Waals surface area contributed by atoms with Gasteiger partial charge in [-0.15, -0.1) is 0 Å². The van der Waals surface area contributed by atoms with Crippen LogP contribution in [-0.2, 0) is 0 Å². The normalized spacial score (nSPS) is 9.85. The Morgan fingerprint density at radius 1 is 1.00 bits per heavy atom. The Labute approximate surface area is 115 Å². The molecule has 1 aromatic heterocycles. The van der Waals surface area contributed by atoms with Gasteiger partial charge in [0.1, 0.15) is 0 Å². The second-order valence-corrected chi connectivity index (χ2v) is 4.06. The van der Waals surface area contributed by atoms with Crippen LogP contribution >= 0.6 is 0 Å². The van der Waals surface area contributed by atoms with Crippen molar-refractivity contribution in [3.05, 3.63) is 53.5 Å². The van der Waals surface area contributed by atoms with Gasteiger partial charge >= 0.3 is 0 Å². The molecular formula is C13H13N5O2. The summed E-state index contributed by atoms with van der Waals surface area (Å²) in [5, 5.41) is 0. The Bertz CT molecular complexity index is 639. The van der Waals surface area contributed by atoms with E-state index in [2.05, 4.69) is 20.8 Å². The van der Waals surface area contributed by atoms with Gasteiger partial charge in [0.05, 0.1) is 0 Å². The first kappa shape index (κ1) is 13.5. The van der Waals surface area contributed by atoms with Crippen LogP contribution in [0, 0.1) is 6.92 Å². The van der Waals surface area contributed by atoms with Gasteiger partial charge in [0, 0.05) is 18.0 Å². The zero-order chi connectivity index (χ0) is 14.5. The van der Waals surface area contributed by atoms with E-state index in [0.29, 0.717) is 5.56 Å². The van der Waals surface area contributed by atoms with Gasteiger partial charge in [0.15, 0.2) is 11.5 Å². The third-order valence-electron chi connectivity index (χ3n) is 2.54. The first-order chi connectivity index (χ1) is 9.58. The molecule has 2 rings (SSSR count). The summed E-state index contributed by atoms with van der Waals surface area (Å²) in [6, 6.07) is 6.93. The van der Waals surface area contributed by atoms with Crippen LogP contribution in [0.4, 0.5) is 5.82 Å². The highest BCUT2D eigenvalue weighted by Gasteiger charge is 2.13. The van der Waals surface area contributed by atoms with Crippen molar-refractivity contribution in [2.24, 2.45) is 0 Å². The number of hydrazine groups is 1. The van der Waals surface area contributed by atoms with Crippen molar-refractivity contribution >= 4 is 17.6 Å². The van der Waals surface area contributed by atoms with Gasteiger partial charge in [-0.2, -0.15) is 0 Å². The van der Waals surface area contributed by atoms with E-state index in [1.165, 1.54) is 12.4 Å². The third kappa shape index (κ3) is 3.08. The van der Waals surface area contributed by atoms with Crippen LogP contribution in [0.25, 0.3) is 0 Å². The fourth-order valence-electron chi connectivity index (χ4n) is 1.47. The van der Waals surface area contributed by atoms with Crippen molar-refractivity contribution in [2.75, 3.05) is 5.73 Å². The molecule has 102 valence electrons. The highest BCUT2D eigenvalue weighted by molar-refractivity contribution is 6.00. The van der Waals surface area contributed by atoms with E-state index in [9.17, 15) is 9.59 Å². The predicted octanol–water partition coefficient (Wildman–Crippen LogP) is 0.442. The summed E-state index contributed by atoms with van der Waals surface area (Å²) in [7, 11) is 0. The highest BCUT2D eigenvalue weighted by Crippen LogP contribution is 2.03. The Balaban J connectivity index is 1.99. The van der Waals surface area contributed by atoms with Crippen molar-refractivity contribution in [3.8, 4) is 0 Å². The Kier molecular flexibility index (Phi) is 3.90. The number of amides is 2. The quantitative estimate of drug-likeness (QED) is 0.686. The minimum atomic E-state index is -0.629. The molecule has 0 aliphatic heterocycles. The number of aromatic nitrogens is 2. The lowest BCUT2D eigenvalue weighted by atomic mass is 10.1. The molecule has 0 aliphatic carbocycles. The lowest BCUT2D eigenvalue weighted by Crippen LogP contribution is -2.42. The molecule has 0 aliphatic rings. The number of nitrogen functional groups attached to an aromatic ring is 1. The van der Waals surface area contributed by atoms with E-state index in [-0.39, 0.29) is 11.5 Å². The molecule has 20 heavy (non-hydrogen) atoms. The number of nitrogens with zero attached hydrogens (tertiary/aromatic N) is 2. The van der Waals surface area contributed by atoms with E-state index < -0.39 is 11.8 Å². The van der Waals surface area contributed by atoms with Gasteiger partial charge in [-0.05, 0) is 19.1 Å². The number of rotatable bonds is 2. The number of nitrogens with one attached hydrogen (secondary N) is 2. The van der Waals surface area contributed by atoms with Crippen LogP contribution in [-0.4, -0.2) is 21.8 Å². The first-order valence-electron chi connectivity index (χ1n) is 5.82. The van der Waals surface area contributed by atoms with E-state index in [1.54, 1.807) is 24.3 Å². The SMILES string of the molecule is Cc1ccc(C(=O)NNC(=O)c2nccnc2N)cc1. The maximum absolute atomic E-state index is 11.8. The molecule has 0 spiro atoms. The fourth-order valence-corrected chi connectivity index (χ4v) is 1.47. The van der Waals surface area contributed by atoms with Gasteiger partial charge in [-0.3, -0.25) is 20.4 Å². The molecule has 2 amide bonds.